The van der Waals surface area contributed by atoms with Crippen LogP contribution in [0.3, 0.4) is 0 Å². The van der Waals surface area contributed by atoms with Gasteiger partial charge in [0.15, 0.2) is 0 Å². The summed E-state index contributed by atoms with van der Waals surface area (Å²) in [6, 6.07) is 6.35. The van der Waals surface area contributed by atoms with E-state index in [1.807, 2.05) is 6.07 Å². The molecule has 1 aromatic rings. The number of benzene rings is 1. The molecule has 0 heterocycles. The molecule has 2 atom stereocenters. The van der Waals surface area contributed by atoms with Crippen LogP contribution in [0.2, 0.25) is 0 Å². The van der Waals surface area contributed by atoms with E-state index >= 15 is 0 Å². The third-order valence-corrected chi connectivity index (χ3v) is 2.66. The van der Waals surface area contributed by atoms with E-state index in [9.17, 15) is 15.0 Å². The van der Waals surface area contributed by atoms with Crippen LogP contribution in [0.1, 0.15) is 23.7 Å². The van der Waals surface area contributed by atoms with E-state index in [4.69, 9.17) is 10.00 Å². The topological polar surface area (TPSA) is 99.8 Å². The number of methoxy groups -OCH3 is 2. The maximum atomic E-state index is 11.0. The average Bonchev–Trinajstić information content (AvgIpc) is 2.45. The Morgan fingerprint density at radius 3 is 2.63 bits per heavy atom. The molecule has 0 fully saturated rings. The van der Waals surface area contributed by atoms with E-state index in [0.29, 0.717) is 16.9 Å². The van der Waals surface area contributed by atoms with Crippen LogP contribution in [0.5, 0.6) is 5.75 Å². The zero-order valence-electron chi connectivity index (χ0n) is 10.7. The van der Waals surface area contributed by atoms with Gasteiger partial charge in [0.05, 0.1) is 32.3 Å². The highest BCUT2D eigenvalue weighted by Gasteiger charge is 2.22. The lowest BCUT2D eigenvalue weighted by Crippen LogP contribution is -2.22. The monoisotopic (exact) mass is 265 g/mol. The molecule has 0 aromatic heterocycles. The SMILES string of the molecule is COC(=O)CC(O)C(O)c1ccc(C#N)c(OC)c1. The molecular formula is C13H15NO5. The number of nitriles is 1. The molecule has 0 spiro atoms. The van der Waals surface area contributed by atoms with Crippen molar-refractivity contribution in [2.75, 3.05) is 14.2 Å². The van der Waals surface area contributed by atoms with Gasteiger partial charge in [-0.2, -0.15) is 5.26 Å². The fourth-order valence-corrected chi connectivity index (χ4v) is 1.57. The number of aliphatic hydroxyl groups is 2. The summed E-state index contributed by atoms with van der Waals surface area (Å²) in [7, 11) is 2.60. The molecule has 2 unspecified atom stereocenters. The standard InChI is InChI=1S/C13H15NO5/c1-18-11-5-8(3-4-9(11)7-14)13(17)10(15)6-12(16)19-2/h3-5,10,13,15,17H,6H2,1-2H3. The first-order valence-electron chi connectivity index (χ1n) is 5.54. The third-order valence-electron chi connectivity index (χ3n) is 2.66. The highest BCUT2D eigenvalue weighted by molar-refractivity contribution is 5.69. The van der Waals surface area contributed by atoms with Gasteiger partial charge in [-0.05, 0) is 17.7 Å². The molecule has 6 nitrogen and oxygen atoms in total. The lowest BCUT2D eigenvalue weighted by atomic mass is 10.0. The summed E-state index contributed by atoms with van der Waals surface area (Å²) in [5.41, 5.74) is 0.674. The number of nitrogens with zero attached hydrogens (tertiary/aromatic N) is 1. The van der Waals surface area contributed by atoms with Gasteiger partial charge >= 0.3 is 5.97 Å². The number of rotatable bonds is 5. The summed E-state index contributed by atoms with van der Waals surface area (Å²) in [4.78, 5) is 11.0. The molecule has 0 saturated carbocycles. The molecular weight excluding hydrogens is 250 g/mol. The predicted molar refractivity (Wildman–Crippen MR) is 65.3 cm³/mol. The van der Waals surface area contributed by atoms with Crippen molar-refractivity contribution in [3.8, 4) is 11.8 Å². The van der Waals surface area contributed by atoms with E-state index in [1.165, 1.54) is 32.4 Å². The maximum absolute atomic E-state index is 11.0. The van der Waals surface area contributed by atoms with Crippen molar-refractivity contribution in [3.05, 3.63) is 29.3 Å². The van der Waals surface area contributed by atoms with E-state index in [1.54, 1.807) is 0 Å². The number of hydrogen-bond acceptors (Lipinski definition) is 6. The van der Waals surface area contributed by atoms with Crippen molar-refractivity contribution >= 4 is 5.97 Å². The van der Waals surface area contributed by atoms with Gasteiger partial charge in [-0.3, -0.25) is 4.79 Å². The molecule has 0 aliphatic heterocycles. The van der Waals surface area contributed by atoms with Gasteiger partial charge in [-0.15, -0.1) is 0 Å². The fraction of sp³-hybridized carbons (Fsp3) is 0.385. The average molecular weight is 265 g/mol. The highest BCUT2D eigenvalue weighted by atomic mass is 16.5. The van der Waals surface area contributed by atoms with E-state index < -0.39 is 18.2 Å². The van der Waals surface area contributed by atoms with Crippen LogP contribution in [0, 0.1) is 11.3 Å². The first kappa shape index (κ1) is 15.0. The van der Waals surface area contributed by atoms with Crippen molar-refractivity contribution in [1.82, 2.24) is 0 Å². The quantitative estimate of drug-likeness (QED) is 0.753. The summed E-state index contributed by atoms with van der Waals surface area (Å²) in [5.74, 6) is -0.323. The highest BCUT2D eigenvalue weighted by Crippen LogP contribution is 2.26. The van der Waals surface area contributed by atoms with Crippen LogP contribution in [-0.2, 0) is 9.53 Å². The maximum Gasteiger partial charge on any atom is 0.308 e. The molecule has 0 aliphatic carbocycles. The zero-order valence-corrected chi connectivity index (χ0v) is 10.7. The molecule has 0 radical (unpaired) electrons. The Bertz CT molecular complexity index is 494. The number of carbonyl (C=O) groups excluding carboxylic acids is 1. The number of ether oxygens (including phenoxy) is 2. The molecule has 0 amide bonds. The number of aliphatic hydroxyl groups excluding tert-OH is 2. The van der Waals surface area contributed by atoms with Gasteiger partial charge in [0.1, 0.15) is 17.9 Å². The second-order valence-electron chi connectivity index (χ2n) is 3.86. The minimum absolute atomic E-state index is 0.296. The number of carbonyl (C=O) groups is 1. The second-order valence-corrected chi connectivity index (χ2v) is 3.86. The van der Waals surface area contributed by atoms with Gasteiger partial charge in [0, 0.05) is 0 Å². The van der Waals surface area contributed by atoms with Crippen molar-refractivity contribution in [1.29, 1.82) is 5.26 Å². The molecule has 6 heteroatoms. The molecule has 0 saturated heterocycles. The van der Waals surface area contributed by atoms with E-state index in [2.05, 4.69) is 4.74 Å². The molecule has 102 valence electrons. The Kier molecular flexibility index (Phi) is 5.30. The Hall–Kier alpha value is -2.10. The molecule has 0 aliphatic rings. The number of esters is 1. The molecule has 1 aromatic carbocycles. The third kappa shape index (κ3) is 3.68. The van der Waals surface area contributed by atoms with Crippen LogP contribution in [0.15, 0.2) is 18.2 Å². The van der Waals surface area contributed by atoms with Gasteiger partial charge in [0.2, 0.25) is 0 Å². The van der Waals surface area contributed by atoms with Crippen LogP contribution in [0.25, 0.3) is 0 Å². The molecule has 19 heavy (non-hydrogen) atoms. The zero-order chi connectivity index (χ0) is 14.4. The summed E-state index contributed by atoms with van der Waals surface area (Å²) >= 11 is 0. The molecule has 2 N–H and O–H groups in total. The fourth-order valence-electron chi connectivity index (χ4n) is 1.57. The first-order valence-corrected chi connectivity index (χ1v) is 5.54. The van der Waals surface area contributed by atoms with Gasteiger partial charge in [-0.25, -0.2) is 0 Å². The minimum atomic E-state index is -1.29. The Labute approximate surface area is 110 Å². The van der Waals surface area contributed by atoms with Crippen LogP contribution < -0.4 is 4.74 Å². The smallest absolute Gasteiger partial charge is 0.308 e. The largest absolute Gasteiger partial charge is 0.495 e. The van der Waals surface area contributed by atoms with Crippen molar-refractivity contribution in [2.24, 2.45) is 0 Å². The Morgan fingerprint density at radius 1 is 1.42 bits per heavy atom. The lowest BCUT2D eigenvalue weighted by Gasteiger charge is -2.18. The second kappa shape index (κ2) is 6.73. The molecule has 0 bridgehead atoms. The van der Waals surface area contributed by atoms with Crippen LogP contribution in [0.4, 0.5) is 0 Å². The van der Waals surface area contributed by atoms with Crippen molar-refractivity contribution in [3.63, 3.8) is 0 Å². The van der Waals surface area contributed by atoms with Gasteiger partial charge < -0.3 is 19.7 Å². The Morgan fingerprint density at radius 2 is 2.11 bits per heavy atom. The normalized spacial score (nSPS) is 13.2. The number of hydrogen-bond donors (Lipinski definition) is 2. The van der Waals surface area contributed by atoms with Gasteiger partial charge in [-0.1, -0.05) is 6.07 Å². The minimum Gasteiger partial charge on any atom is -0.495 e. The van der Waals surface area contributed by atoms with Gasteiger partial charge in [0.25, 0.3) is 0 Å². The first-order chi connectivity index (χ1) is 9.03. The predicted octanol–water partition coefficient (Wildman–Crippen LogP) is 0.524. The Balaban J connectivity index is 2.91. The summed E-state index contributed by atoms with van der Waals surface area (Å²) in [6.45, 7) is 0. The van der Waals surface area contributed by atoms with Crippen LogP contribution in [-0.4, -0.2) is 36.5 Å². The van der Waals surface area contributed by atoms with Crippen LogP contribution >= 0.6 is 0 Å². The van der Waals surface area contributed by atoms with Crippen molar-refractivity contribution < 1.29 is 24.5 Å². The van der Waals surface area contributed by atoms with Crippen molar-refractivity contribution in [2.45, 2.75) is 18.6 Å². The summed E-state index contributed by atoms with van der Waals surface area (Å²) in [5, 5.41) is 28.5. The molecule has 1 rings (SSSR count). The van der Waals surface area contributed by atoms with E-state index in [-0.39, 0.29) is 6.42 Å². The summed E-state index contributed by atoms with van der Waals surface area (Å²) < 4.78 is 9.41. The lowest BCUT2D eigenvalue weighted by molar-refractivity contribution is -0.144. The van der Waals surface area contributed by atoms with E-state index in [0.717, 1.165) is 0 Å². The summed E-state index contributed by atoms with van der Waals surface area (Å²) in [6.07, 6.45) is -2.87.